The van der Waals surface area contributed by atoms with Gasteiger partial charge in [-0.15, -0.1) is 0 Å². The predicted molar refractivity (Wildman–Crippen MR) is 68.9 cm³/mol. The zero-order valence-corrected chi connectivity index (χ0v) is 10.6. The van der Waals surface area contributed by atoms with E-state index in [1.165, 1.54) is 17.0 Å². The van der Waals surface area contributed by atoms with Gasteiger partial charge in [0.2, 0.25) is 5.82 Å². The van der Waals surface area contributed by atoms with Gasteiger partial charge in [0.25, 0.3) is 11.5 Å². The summed E-state index contributed by atoms with van der Waals surface area (Å²) in [5.41, 5.74) is 10.4. The lowest BCUT2D eigenvalue weighted by molar-refractivity contribution is 0.0996. The van der Waals surface area contributed by atoms with Gasteiger partial charge < -0.3 is 16.0 Å². The highest BCUT2D eigenvalue weighted by molar-refractivity contribution is 5.95. The molecule has 0 radical (unpaired) electrons. The molecular formula is C11H14N6O2. The molecule has 19 heavy (non-hydrogen) atoms. The second kappa shape index (κ2) is 4.56. The number of rotatable bonds is 3. The fraction of sp³-hybridized carbons (Fsp3) is 0.273. The van der Waals surface area contributed by atoms with Gasteiger partial charge in [-0.05, 0) is 13.8 Å². The summed E-state index contributed by atoms with van der Waals surface area (Å²) in [6.07, 6.45) is 4.41. The lowest BCUT2D eigenvalue weighted by Gasteiger charge is -2.10. The van der Waals surface area contributed by atoms with E-state index in [4.69, 9.17) is 11.5 Å². The lowest BCUT2D eigenvalue weighted by atomic mass is 10.4. The molecule has 2 aromatic rings. The van der Waals surface area contributed by atoms with Crippen molar-refractivity contribution in [2.45, 2.75) is 19.9 Å². The summed E-state index contributed by atoms with van der Waals surface area (Å²) in [4.78, 5) is 27.2. The van der Waals surface area contributed by atoms with Gasteiger partial charge in [0.05, 0.1) is 11.9 Å². The van der Waals surface area contributed by atoms with Gasteiger partial charge in [0, 0.05) is 18.4 Å². The third-order valence-corrected chi connectivity index (χ3v) is 2.60. The Kier molecular flexibility index (Phi) is 3.07. The molecule has 0 fully saturated rings. The van der Waals surface area contributed by atoms with Gasteiger partial charge in [0.15, 0.2) is 5.69 Å². The summed E-state index contributed by atoms with van der Waals surface area (Å²) in [7, 11) is 0. The van der Waals surface area contributed by atoms with Crippen LogP contribution in [0.4, 0.5) is 5.69 Å². The largest absolute Gasteiger partial charge is 0.396 e. The number of carbonyl (C=O) groups is 1. The van der Waals surface area contributed by atoms with Crippen LogP contribution in [0.15, 0.2) is 23.4 Å². The Hall–Kier alpha value is -2.64. The maximum atomic E-state index is 12.2. The van der Waals surface area contributed by atoms with Crippen molar-refractivity contribution in [2.75, 3.05) is 5.73 Å². The molecule has 0 atom stereocenters. The zero-order chi connectivity index (χ0) is 14.2. The number of carbonyl (C=O) groups excluding carboxylic acids is 1. The predicted octanol–water partition coefficient (Wildman–Crippen LogP) is -0.309. The highest BCUT2D eigenvalue weighted by atomic mass is 16.1. The molecule has 0 aliphatic carbocycles. The van der Waals surface area contributed by atoms with Gasteiger partial charge >= 0.3 is 0 Å². The monoisotopic (exact) mass is 262 g/mol. The van der Waals surface area contributed by atoms with E-state index in [-0.39, 0.29) is 28.8 Å². The van der Waals surface area contributed by atoms with Crippen LogP contribution in [0.1, 0.15) is 30.4 Å². The molecule has 0 spiro atoms. The van der Waals surface area contributed by atoms with Crippen molar-refractivity contribution < 1.29 is 4.79 Å². The molecule has 4 N–H and O–H groups in total. The molecule has 0 saturated heterocycles. The van der Waals surface area contributed by atoms with Crippen LogP contribution in [-0.2, 0) is 0 Å². The molecule has 0 aromatic carbocycles. The normalized spacial score (nSPS) is 10.9. The summed E-state index contributed by atoms with van der Waals surface area (Å²) in [5.74, 6) is -0.688. The summed E-state index contributed by atoms with van der Waals surface area (Å²) in [5, 5.41) is 3.88. The maximum Gasteiger partial charge on any atom is 0.295 e. The van der Waals surface area contributed by atoms with Crippen LogP contribution < -0.4 is 17.0 Å². The molecule has 0 aliphatic heterocycles. The van der Waals surface area contributed by atoms with Gasteiger partial charge in [-0.1, -0.05) is 0 Å². The van der Waals surface area contributed by atoms with Gasteiger partial charge in [-0.25, -0.2) is 9.67 Å². The number of hydrogen-bond donors (Lipinski definition) is 2. The van der Waals surface area contributed by atoms with E-state index in [0.717, 1.165) is 4.68 Å². The Balaban J connectivity index is 2.60. The van der Waals surface area contributed by atoms with Crippen LogP contribution in [0.2, 0.25) is 0 Å². The molecule has 8 heteroatoms. The summed E-state index contributed by atoms with van der Waals surface area (Å²) in [6, 6.07) is -0.0160. The molecule has 8 nitrogen and oxygen atoms in total. The van der Waals surface area contributed by atoms with Crippen molar-refractivity contribution in [2.24, 2.45) is 5.73 Å². The van der Waals surface area contributed by atoms with Gasteiger partial charge in [-0.3, -0.25) is 9.59 Å². The Labute approximate surface area is 108 Å². The van der Waals surface area contributed by atoms with Crippen LogP contribution in [0, 0.1) is 0 Å². The van der Waals surface area contributed by atoms with Crippen LogP contribution in [0.25, 0.3) is 5.82 Å². The van der Waals surface area contributed by atoms with E-state index >= 15 is 0 Å². The van der Waals surface area contributed by atoms with Crippen molar-refractivity contribution in [1.29, 1.82) is 0 Å². The Bertz CT molecular complexity index is 685. The number of nitrogens with two attached hydrogens (primary N) is 2. The molecular weight excluding hydrogens is 248 g/mol. The van der Waals surface area contributed by atoms with Crippen LogP contribution in [0.3, 0.4) is 0 Å². The first-order valence-electron chi connectivity index (χ1n) is 5.64. The number of aromatic nitrogens is 4. The number of nitrogen functional groups attached to an aromatic ring is 1. The molecule has 1 amide bonds. The summed E-state index contributed by atoms with van der Waals surface area (Å²) < 4.78 is 2.67. The van der Waals surface area contributed by atoms with Crippen molar-refractivity contribution in [3.05, 3.63) is 34.6 Å². The molecule has 2 heterocycles. The number of anilines is 1. The van der Waals surface area contributed by atoms with Crippen LogP contribution in [-0.4, -0.2) is 25.2 Å². The first-order chi connectivity index (χ1) is 8.91. The van der Waals surface area contributed by atoms with Crippen LogP contribution >= 0.6 is 0 Å². The van der Waals surface area contributed by atoms with E-state index in [0.29, 0.717) is 0 Å². The van der Waals surface area contributed by atoms with E-state index < -0.39 is 5.91 Å². The van der Waals surface area contributed by atoms with E-state index in [1.807, 2.05) is 13.8 Å². The number of amides is 1. The van der Waals surface area contributed by atoms with Gasteiger partial charge in [-0.2, -0.15) is 5.10 Å². The van der Waals surface area contributed by atoms with Gasteiger partial charge in [0.1, 0.15) is 0 Å². The number of hydrogen-bond acceptors (Lipinski definition) is 5. The minimum absolute atomic E-state index is 0.0160. The quantitative estimate of drug-likeness (QED) is 0.785. The highest BCUT2D eigenvalue weighted by Gasteiger charge is 2.16. The maximum absolute atomic E-state index is 12.2. The van der Waals surface area contributed by atoms with Crippen molar-refractivity contribution in [1.82, 2.24) is 19.3 Å². The molecule has 2 rings (SSSR count). The zero-order valence-electron chi connectivity index (χ0n) is 10.6. The van der Waals surface area contributed by atoms with E-state index in [9.17, 15) is 9.59 Å². The van der Waals surface area contributed by atoms with Crippen molar-refractivity contribution >= 4 is 11.6 Å². The highest BCUT2D eigenvalue weighted by Crippen LogP contribution is 2.10. The second-order valence-electron chi connectivity index (χ2n) is 4.30. The first-order valence-corrected chi connectivity index (χ1v) is 5.64. The molecule has 0 unspecified atom stereocenters. The molecule has 100 valence electrons. The minimum atomic E-state index is -0.753. The Morgan fingerprint density at radius 3 is 2.63 bits per heavy atom. The smallest absolute Gasteiger partial charge is 0.295 e. The standard InChI is InChI=1S/C11H14N6O2/c1-6(2)16-4-3-14-10(11(16)19)17-5-7(12)8(15-17)9(13)18/h3-6H,12H2,1-2H3,(H2,13,18). The fourth-order valence-electron chi connectivity index (χ4n) is 1.67. The van der Waals surface area contributed by atoms with Crippen molar-refractivity contribution in [3.63, 3.8) is 0 Å². The third-order valence-electron chi connectivity index (χ3n) is 2.60. The fourth-order valence-corrected chi connectivity index (χ4v) is 1.67. The number of nitrogens with zero attached hydrogens (tertiary/aromatic N) is 4. The number of primary amides is 1. The topological polar surface area (TPSA) is 122 Å². The first kappa shape index (κ1) is 12.8. The average Bonchev–Trinajstić information content (AvgIpc) is 2.71. The Morgan fingerprint density at radius 1 is 1.42 bits per heavy atom. The van der Waals surface area contributed by atoms with Crippen molar-refractivity contribution in [3.8, 4) is 5.82 Å². The SMILES string of the molecule is CC(C)n1ccnc(-n2cc(N)c(C(N)=O)n2)c1=O. The molecule has 0 aliphatic rings. The molecule has 0 bridgehead atoms. The Morgan fingerprint density at radius 2 is 2.11 bits per heavy atom. The van der Waals surface area contributed by atoms with E-state index in [2.05, 4.69) is 10.1 Å². The molecule has 2 aromatic heterocycles. The summed E-state index contributed by atoms with van der Waals surface area (Å²) >= 11 is 0. The van der Waals surface area contributed by atoms with E-state index in [1.54, 1.807) is 6.20 Å². The average molecular weight is 262 g/mol. The third kappa shape index (κ3) is 2.19. The summed E-state index contributed by atoms with van der Waals surface area (Å²) in [6.45, 7) is 3.74. The minimum Gasteiger partial charge on any atom is -0.396 e. The molecule has 0 saturated carbocycles. The lowest BCUT2D eigenvalue weighted by Crippen LogP contribution is -2.27. The second-order valence-corrected chi connectivity index (χ2v) is 4.30. The van der Waals surface area contributed by atoms with Crippen LogP contribution in [0.5, 0.6) is 0 Å².